The Kier molecular flexibility index (Phi) is 7.76. The lowest BCUT2D eigenvalue weighted by Crippen LogP contribution is -3.11. The van der Waals surface area contributed by atoms with Crippen LogP contribution in [0.1, 0.15) is 37.9 Å². The monoisotopic (exact) mass is 382 g/mol. The van der Waals surface area contributed by atoms with Gasteiger partial charge in [0.15, 0.2) is 13.1 Å². The minimum absolute atomic E-state index is 0.0540. The maximum Gasteiger partial charge on any atom is 0.275 e. The zero-order chi connectivity index (χ0) is 20.6. The Hall–Kier alpha value is -2.66. The molecule has 0 saturated heterocycles. The van der Waals surface area contributed by atoms with E-state index in [0.717, 1.165) is 16.9 Å². The topological polar surface area (TPSA) is 62.6 Å². The number of benzene rings is 2. The maximum absolute atomic E-state index is 12.6. The number of hydrogen-bond donors (Lipinski definition) is 3. The highest BCUT2D eigenvalue weighted by molar-refractivity contribution is 5.79. The number of amides is 2. The number of nitrogens with one attached hydrogen (secondary N) is 3. The van der Waals surface area contributed by atoms with Crippen molar-refractivity contribution in [1.82, 2.24) is 10.6 Å². The molecule has 28 heavy (non-hydrogen) atoms. The summed E-state index contributed by atoms with van der Waals surface area (Å²) in [6, 6.07) is 20.0. The van der Waals surface area contributed by atoms with E-state index >= 15 is 0 Å². The number of quaternary nitrogens is 1. The smallest absolute Gasteiger partial charge is 0.275 e. The predicted octanol–water partition coefficient (Wildman–Crippen LogP) is 1.52. The third-order valence-electron chi connectivity index (χ3n) is 4.26. The number of carbonyl (C=O) groups is 2. The van der Waals surface area contributed by atoms with Crippen LogP contribution in [0.4, 0.5) is 0 Å². The fourth-order valence-electron chi connectivity index (χ4n) is 3.11. The molecule has 0 spiro atoms. The minimum Gasteiger partial charge on any atom is -0.347 e. The van der Waals surface area contributed by atoms with Crippen LogP contribution in [0.2, 0.25) is 0 Å². The lowest BCUT2D eigenvalue weighted by atomic mass is 9.99. The predicted molar refractivity (Wildman–Crippen MR) is 112 cm³/mol. The Balaban J connectivity index is 1.97. The summed E-state index contributed by atoms with van der Waals surface area (Å²) < 4.78 is 0. The molecule has 0 aliphatic heterocycles. The molecule has 5 nitrogen and oxygen atoms in total. The van der Waals surface area contributed by atoms with E-state index in [9.17, 15) is 9.59 Å². The molecule has 0 aliphatic rings. The van der Waals surface area contributed by atoms with Gasteiger partial charge in [0.05, 0.1) is 13.1 Å². The molecule has 2 amide bonds. The summed E-state index contributed by atoms with van der Waals surface area (Å²) in [6.45, 7) is 6.35. The van der Waals surface area contributed by atoms with E-state index in [1.54, 1.807) is 0 Å². The fraction of sp³-hybridized carbons (Fsp3) is 0.391. The van der Waals surface area contributed by atoms with Crippen LogP contribution in [0, 0.1) is 0 Å². The first-order chi connectivity index (χ1) is 13.2. The van der Waals surface area contributed by atoms with E-state index < -0.39 is 0 Å². The maximum atomic E-state index is 12.6. The second-order valence-corrected chi connectivity index (χ2v) is 8.33. The van der Waals surface area contributed by atoms with Crippen molar-refractivity contribution in [3.63, 3.8) is 0 Å². The van der Waals surface area contributed by atoms with Crippen molar-refractivity contribution in [2.45, 2.75) is 38.8 Å². The summed E-state index contributed by atoms with van der Waals surface area (Å²) >= 11 is 0. The molecule has 0 aromatic heterocycles. The van der Waals surface area contributed by atoms with Gasteiger partial charge in [-0.25, -0.2) is 0 Å². The van der Waals surface area contributed by atoms with Crippen molar-refractivity contribution in [3.8, 4) is 0 Å². The molecule has 0 radical (unpaired) electrons. The summed E-state index contributed by atoms with van der Waals surface area (Å²) in [6.07, 6.45) is 0.722. The van der Waals surface area contributed by atoms with E-state index in [4.69, 9.17) is 0 Å². The zero-order valence-electron chi connectivity index (χ0n) is 17.3. The molecule has 2 rings (SSSR count). The average Bonchev–Trinajstić information content (AvgIpc) is 2.61. The highest BCUT2D eigenvalue weighted by atomic mass is 16.2. The summed E-state index contributed by atoms with van der Waals surface area (Å²) in [7, 11) is 1.86. The first kappa shape index (κ1) is 21.6. The lowest BCUT2D eigenvalue weighted by molar-refractivity contribution is -0.862. The van der Waals surface area contributed by atoms with Gasteiger partial charge < -0.3 is 15.5 Å². The van der Waals surface area contributed by atoms with Gasteiger partial charge >= 0.3 is 0 Å². The number of rotatable bonds is 8. The first-order valence-corrected chi connectivity index (χ1v) is 9.73. The van der Waals surface area contributed by atoms with Gasteiger partial charge in [0.1, 0.15) is 0 Å². The van der Waals surface area contributed by atoms with Crippen molar-refractivity contribution in [3.05, 3.63) is 71.8 Å². The zero-order valence-corrected chi connectivity index (χ0v) is 17.3. The van der Waals surface area contributed by atoms with Crippen LogP contribution in [0.15, 0.2) is 60.7 Å². The molecule has 0 fully saturated rings. The molecule has 2 atom stereocenters. The Morgan fingerprint density at radius 1 is 0.893 bits per heavy atom. The summed E-state index contributed by atoms with van der Waals surface area (Å²) in [5, 5.41) is 6.07. The molecule has 2 aromatic carbocycles. The van der Waals surface area contributed by atoms with E-state index in [2.05, 4.69) is 22.8 Å². The number of carbonyl (C=O) groups excluding carboxylic acids is 2. The third-order valence-corrected chi connectivity index (χ3v) is 4.26. The van der Waals surface area contributed by atoms with Crippen LogP contribution >= 0.6 is 0 Å². The summed E-state index contributed by atoms with van der Waals surface area (Å²) in [5.41, 5.74) is 1.97. The highest BCUT2D eigenvalue weighted by Crippen LogP contribution is 2.18. The summed E-state index contributed by atoms with van der Waals surface area (Å²) in [5.74, 6) is -0.118. The van der Waals surface area contributed by atoms with Crippen LogP contribution in [0.3, 0.4) is 0 Å². The second kappa shape index (κ2) is 10.0. The van der Waals surface area contributed by atoms with E-state index in [0.29, 0.717) is 0 Å². The molecule has 2 aromatic rings. The van der Waals surface area contributed by atoms with E-state index in [-0.39, 0.29) is 36.5 Å². The van der Waals surface area contributed by atoms with Gasteiger partial charge in [0.25, 0.3) is 11.8 Å². The molecule has 5 heteroatoms. The highest BCUT2D eigenvalue weighted by Gasteiger charge is 2.21. The van der Waals surface area contributed by atoms with Crippen molar-refractivity contribution in [2.24, 2.45) is 0 Å². The Morgan fingerprint density at radius 3 is 2.00 bits per heavy atom. The lowest BCUT2D eigenvalue weighted by Gasteiger charge is -2.23. The van der Waals surface area contributed by atoms with Gasteiger partial charge in [-0.3, -0.25) is 9.59 Å². The first-order valence-electron chi connectivity index (χ1n) is 9.73. The van der Waals surface area contributed by atoms with Crippen LogP contribution in [0.25, 0.3) is 0 Å². The molecule has 150 valence electrons. The molecule has 1 unspecified atom stereocenters. The van der Waals surface area contributed by atoms with Crippen molar-refractivity contribution in [1.29, 1.82) is 0 Å². The molecule has 0 heterocycles. The standard InChI is InChI=1S/C23H31N3O2/c1-23(2,3)25-22(28)17-26(4)16-21(27)24-20(19-13-9-6-10-14-19)15-18-11-7-5-8-12-18/h5-14,20H,15-17H2,1-4H3,(H,24,27)(H,25,28)/p+1/t20-/m0/s1. The van der Waals surface area contributed by atoms with Gasteiger partial charge in [-0.05, 0) is 38.3 Å². The normalized spacial score (nSPS) is 13.4. The number of likely N-dealkylation sites (N-methyl/N-ethyl adjacent to an activating group) is 1. The minimum atomic E-state index is -0.270. The van der Waals surface area contributed by atoms with Crippen LogP contribution in [-0.2, 0) is 16.0 Å². The molecule has 0 aliphatic carbocycles. The Labute approximate surface area is 168 Å². The van der Waals surface area contributed by atoms with Crippen molar-refractivity contribution >= 4 is 11.8 Å². The Morgan fingerprint density at radius 2 is 1.43 bits per heavy atom. The Bertz CT molecular complexity index is 754. The van der Waals surface area contributed by atoms with Gasteiger partial charge in [0.2, 0.25) is 0 Å². The average molecular weight is 383 g/mol. The quantitative estimate of drug-likeness (QED) is 0.648. The van der Waals surface area contributed by atoms with Gasteiger partial charge in [0, 0.05) is 5.54 Å². The van der Waals surface area contributed by atoms with E-state index in [1.807, 2.05) is 76.3 Å². The molecule has 3 N–H and O–H groups in total. The van der Waals surface area contributed by atoms with Crippen molar-refractivity contribution in [2.75, 3.05) is 20.1 Å². The molecule has 0 saturated carbocycles. The van der Waals surface area contributed by atoms with Gasteiger partial charge in [-0.2, -0.15) is 0 Å². The second-order valence-electron chi connectivity index (χ2n) is 8.33. The molecular weight excluding hydrogens is 350 g/mol. The van der Waals surface area contributed by atoms with Crippen LogP contribution in [0.5, 0.6) is 0 Å². The SMILES string of the molecule is C[NH+](CC(=O)N[C@@H](Cc1ccccc1)c1ccccc1)CC(=O)NC(C)(C)C. The fourth-order valence-corrected chi connectivity index (χ4v) is 3.11. The van der Waals surface area contributed by atoms with Crippen molar-refractivity contribution < 1.29 is 14.5 Å². The number of hydrogen-bond acceptors (Lipinski definition) is 2. The van der Waals surface area contributed by atoms with Gasteiger partial charge in [-0.1, -0.05) is 60.7 Å². The van der Waals surface area contributed by atoms with Gasteiger partial charge in [-0.15, -0.1) is 0 Å². The third kappa shape index (κ3) is 7.92. The van der Waals surface area contributed by atoms with E-state index in [1.165, 1.54) is 5.56 Å². The van der Waals surface area contributed by atoms with Crippen LogP contribution < -0.4 is 15.5 Å². The largest absolute Gasteiger partial charge is 0.347 e. The summed E-state index contributed by atoms with van der Waals surface area (Å²) in [4.78, 5) is 25.6. The van der Waals surface area contributed by atoms with Crippen LogP contribution in [-0.4, -0.2) is 37.5 Å². The molecule has 0 bridgehead atoms. The molecular formula is C23H32N3O2+.